The second-order valence-corrected chi connectivity index (χ2v) is 11.0. The highest BCUT2D eigenvalue weighted by Gasteiger charge is 2.34. The number of benzene rings is 3. The number of carbonyl (C=O) groups is 6. The normalized spacial score (nSPS) is 13.0. The summed E-state index contributed by atoms with van der Waals surface area (Å²) in [6.07, 6.45) is -0.00254. The summed E-state index contributed by atoms with van der Waals surface area (Å²) in [5, 5.41) is 9.82. The summed E-state index contributed by atoms with van der Waals surface area (Å²) in [6, 6.07) is 18.8. The average molecular weight is 618 g/mol. The van der Waals surface area contributed by atoms with E-state index in [1.165, 1.54) is 39.0 Å². The molecular weight excluding hydrogens is 581 g/mol. The molecule has 3 atom stereocenters. The Morgan fingerprint density at radius 1 is 0.711 bits per heavy atom. The third kappa shape index (κ3) is 9.82. The fraction of sp³-hybridized carbons (Fsp3) is 0.273. The van der Waals surface area contributed by atoms with Crippen LogP contribution < -0.4 is 27.0 Å². The topological polar surface area (TPSA) is 177 Å². The van der Waals surface area contributed by atoms with Crippen molar-refractivity contribution in [2.75, 3.05) is 0 Å². The van der Waals surface area contributed by atoms with Crippen molar-refractivity contribution in [3.05, 3.63) is 107 Å². The Labute approximate surface area is 260 Å². The number of amides is 5. The quantitative estimate of drug-likeness (QED) is 0.171. The molecule has 0 spiro atoms. The van der Waals surface area contributed by atoms with E-state index >= 15 is 0 Å². The third-order valence-electron chi connectivity index (χ3n) is 6.95. The molecule has 5 amide bonds. The molecule has 0 aliphatic carbocycles. The molecule has 3 rings (SSSR count). The molecule has 0 radical (unpaired) electrons. The van der Waals surface area contributed by atoms with E-state index in [2.05, 4.69) is 21.3 Å². The second kappa shape index (κ2) is 15.4. The maximum absolute atomic E-state index is 14.3. The van der Waals surface area contributed by atoms with Crippen molar-refractivity contribution in [3.63, 3.8) is 0 Å². The minimum Gasteiger partial charge on any atom is -0.368 e. The number of Topliss-reactive ketones (excluding diaryl/α,β-unsaturated/α-hetero) is 1. The third-order valence-corrected chi connectivity index (χ3v) is 6.95. The number of carbonyl (C=O) groups excluding carboxylic acids is 6. The van der Waals surface area contributed by atoms with Crippen LogP contribution in [0.25, 0.3) is 0 Å². The van der Waals surface area contributed by atoms with E-state index in [0.717, 1.165) is 6.07 Å². The van der Waals surface area contributed by atoms with Crippen LogP contribution >= 0.6 is 0 Å². The van der Waals surface area contributed by atoms with Crippen LogP contribution in [0.3, 0.4) is 0 Å². The van der Waals surface area contributed by atoms with Gasteiger partial charge in [-0.15, -0.1) is 0 Å². The molecule has 12 heteroatoms. The Morgan fingerprint density at radius 3 is 1.71 bits per heavy atom. The highest BCUT2D eigenvalue weighted by atomic mass is 19.1. The number of hydrogen-bond donors (Lipinski definition) is 5. The van der Waals surface area contributed by atoms with Crippen molar-refractivity contribution in [1.82, 2.24) is 21.3 Å². The molecule has 11 nitrogen and oxygen atoms in total. The Kier molecular flexibility index (Phi) is 11.6. The van der Waals surface area contributed by atoms with Crippen LogP contribution in [0.5, 0.6) is 0 Å². The van der Waals surface area contributed by atoms with Crippen molar-refractivity contribution in [2.24, 2.45) is 5.73 Å². The van der Waals surface area contributed by atoms with Gasteiger partial charge in [-0.25, -0.2) is 4.39 Å². The van der Waals surface area contributed by atoms with Crippen LogP contribution in [0.15, 0.2) is 84.9 Å². The van der Waals surface area contributed by atoms with E-state index < -0.39 is 64.8 Å². The monoisotopic (exact) mass is 617 g/mol. The van der Waals surface area contributed by atoms with Gasteiger partial charge in [0.05, 0.1) is 11.6 Å². The summed E-state index contributed by atoms with van der Waals surface area (Å²) >= 11 is 0. The first-order valence-electron chi connectivity index (χ1n) is 14.2. The molecule has 0 heterocycles. The van der Waals surface area contributed by atoms with Crippen molar-refractivity contribution in [2.45, 2.75) is 57.3 Å². The number of hydrogen-bond acceptors (Lipinski definition) is 6. The van der Waals surface area contributed by atoms with Gasteiger partial charge in [0.2, 0.25) is 23.5 Å². The smallest absolute Gasteiger partial charge is 0.290 e. The number of rotatable bonds is 14. The maximum Gasteiger partial charge on any atom is 0.290 e. The van der Waals surface area contributed by atoms with E-state index in [0.29, 0.717) is 11.1 Å². The van der Waals surface area contributed by atoms with Gasteiger partial charge in [-0.3, -0.25) is 28.8 Å². The summed E-state index contributed by atoms with van der Waals surface area (Å²) in [6.45, 7) is 4.07. The lowest BCUT2D eigenvalue weighted by atomic mass is 10.0. The molecule has 0 fully saturated rings. The molecule has 45 heavy (non-hydrogen) atoms. The van der Waals surface area contributed by atoms with Crippen molar-refractivity contribution in [1.29, 1.82) is 0 Å². The summed E-state index contributed by atoms with van der Waals surface area (Å²) in [4.78, 5) is 77.2. The van der Waals surface area contributed by atoms with E-state index in [-0.39, 0.29) is 18.4 Å². The van der Waals surface area contributed by atoms with E-state index in [1.54, 1.807) is 60.7 Å². The predicted octanol–water partition coefficient (Wildman–Crippen LogP) is 1.35. The van der Waals surface area contributed by atoms with Gasteiger partial charge >= 0.3 is 0 Å². The molecule has 0 aliphatic heterocycles. The molecule has 6 N–H and O–H groups in total. The first-order valence-corrected chi connectivity index (χ1v) is 14.2. The zero-order valence-corrected chi connectivity index (χ0v) is 25.1. The van der Waals surface area contributed by atoms with Crippen molar-refractivity contribution < 1.29 is 33.2 Å². The number of nitrogens with two attached hydrogens (primary N) is 1. The number of nitrogens with one attached hydrogen (secondary N) is 4. The second-order valence-electron chi connectivity index (χ2n) is 11.0. The summed E-state index contributed by atoms with van der Waals surface area (Å²) in [5.74, 6) is -6.19. The van der Waals surface area contributed by atoms with Gasteiger partial charge in [-0.2, -0.15) is 0 Å². The number of primary amides is 1. The molecular formula is C33H36FN5O6. The minimum atomic E-state index is -1.44. The summed E-state index contributed by atoms with van der Waals surface area (Å²) < 4.78 is 14.3. The van der Waals surface area contributed by atoms with Gasteiger partial charge in [0.15, 0.2) is 0 Å². The van der Waals surface area contributed by atoms with Gasteiger partial charge in [0, 0.05) is 12.8 Å². The van der Waals surface area contributed by atoms with Crippen LogP contribution in [-0.4, -0.2) is 59.0 Å². The lowest BCUT2D eigenvalue weighted by Gasteiger charge is -2.26. The Balaban J connectivity index is 1.74. The van der Waals surface area contributed by atoms with Crippen molar-refractivity contribution in [3.8, 4) is 0 Å². The molecule has 3 aromatic rings. The van der Waals surface area contributed by atoms with Gasteiger partial charge in [-0.05, 0) is 44.0 Å². The van der Waals surface area contributed by atoms with E-state index in [1.807, 2.05) is 0 Å². The molecule has 0 saturated heterocycles. The Morgan fingerprint density at radius 2 is 1.20 bits per heavy atom. The SMILES string of the molecule is CC(NC(=O)C(Cc1ccccc1)NC(=O)c1ccccc1F)C(=O)C(=O)NC(Cc1ccccc1)C(=O)NC(C)(C)C(N)=O. The van der Waals surface area contributed by atoms with Gasteiger partial charge in [0.1, 0.15) is 23.4 Å². The molecule has 0 saturated carbocycles. The van der Waals surface area contributed by atoms with Gasteiger partial charge < -0.3 is 27.0 Å². The molecule has 3 aromatic carbocycles. The first kappa shape index (κ1) is 34.1. The van der Waals surface area contributed by atoms with Crippen LogP contribution in [0.2, 0.25) is 0 Å². The highest BCUT2D eigenvalue weighted by molar-refractivity contribution is 6.38. The molecule has 0 bridgehead atoms. The van der Waals surface area contributed by atoms with E-state index in [4.69, 9.17) is 5.73 Å². The summed E-state index contributed by atoms with van der Waals surface area (Å²) in [5.41, 5.74) is 5.00. The van der Waals surface area contributed by atoms with Crippen molar-refractivity contribution >= 4 is 35.3 Å². The minimum absolute atomic E-state index is 0.00887. The zero-order chi connectivity index (χ0) is 33.1. The lowest BCUT2D eigenvalue weighted by Crippen LogP contribution is -2.60. The Bertz CT molecular complexity index is 1550. The molecule has 0 aromatic heterocycles. The van der Waals surface area contributed by atoms with Crippen LogP contribution in [0.1, 0.15) is 42.3 Å². The largest absolute Gasteiger partial charge is 0.368 e. The van der Waals surface area contributed by atoms with Crippen LogP contribution in [0, 0.1) is 5.82 Å². The standard InChI is InChI=1S/C33H36FN5O6/c1-20(27(40)31(44)38-26(19-22-14-8-5-9-15-22)30(43)39-33(2,3)32(35)45)36-29(42)25(18-21-12-6-4-7-13-21)37-28(41)23-16-10-11-17-24(23)34/h4-17,20,25-26H,18-19H2,1-3H3,(H2,35,45)(H,36,42)(H,37,41)(H,38,44)(H,39,43). The number of ketones is 1. The van der Waals surface area contributed by atoms with Gasteiger partial charge in [0.25, 0.3) is 11.8 Å². The molecule has 0 aliphatic rings. The van der Waals surface area contributed by atoms with Crippen LogP contribution in [0.4, 0.5) is 4.39 Å². The van der Waals surface area contributed by atoms with Gasteiger partial charge in [-0.1, -0.05) is 72.8 Å². The summed E-state index contributed by atoms with van der Waals surface area (Å²) in [7, 11) is 0. The average Bonchev–Trinajstić information content (AvgIpc) is 3.00. The predicted molar refractivity (Wildman–Crippen MR) is 164 cm³/mol. The maximum atomic E-state index is 14.3. The zero-order valence-electron chi connectivity index (χ0n) is 25.1. The fourth-order valence-electron chi connectivity index (χ4n) is 4.26. The lowest BCUT2D eigenvalue weighted by molar-refractivity contribution is -0.141. The van der Waals surface area contributed by atoms with E-state index in [9.17, 15) is 33.2 Å². The highest BCUT2D eigenvalue weighted by Crippen LogP contribution is 2.10. The van der Waals surface area contributed by atoms with Crippen LogP contribution in [-0.2, 0) is 36.8 Å². The number of halogens is 1. The Hall–Kier alpha value is -5.39. The first-order chi connectivity index (χ1) is 21.3. The fourth-order valence-corrected chi connectivity index (χ4v) is 4.26. The molecule has 236 valence electrons. The molecule has 3 unspecified atom stereocenters.